The average molecular weight is 362 g/mol. The predicted octanol–water partition coefficient (Wildman–Crippen LogP) is 3.36. The number of hydrogen-bond acceptors (Lipinski definition) is 5. The summed E-state index contributed by atoms with van der Waals surface area (Å²) in [5, 5.41) is 12.8. The van der Waals surface area contributed by atoms with Crippen LogP contribution in [-0.4, -0.2) is 40.0 Å². The van der Waals surface area contributed by atoms with Crippen LogP contribution in [0.15, 0.2) is 21.2 Å². The summed E-state index contributed by atoms with van der Waals surface area (Å²) in [4.78, 5) is 29.7. The van der Waals surface area contributed by atoms with Gasteiger partial charge in [0.25, 0.3) is 0 Å². The number of oxazole rings is 1. The third-order valence-corrected chi connectivity index (χ3v) is 5.30. The maximum Gasteiger partial charge on any atom is 0.303 e. The van der Waals surface area contributed by atoms with Crippen molar-refractivity contribution in [2.24, 2.45) is 5.92 Å². The highest BCUT2D eigenvalue weighted by atomic mass is 32.1. The zero-order chi connectivity index (χ0) is 17.8. The number of thiophene rings is 1. The van der Waals surface area contributed by atoms with Gasteiger partial charge in [0.2, 0.25) is 11.8 Å². The lowest BCUT2D eigenvalue weighted by atomic mass is 9.93. The van der Waals surface area contributed by atoms with Crippen molar-refractivity contribution in [2.75, 3.05) is 13.1 Å². The normalized spacial score (nSPS) is 17.6. The van der Waals surface area contributed by atoms with Gasteiger partial charge in [-0.1, -0.05) is 0 Å². The topological polar surface area (TPSA) is 83.6 Å². The number of nitrogens with zero attached hydrogens (tertiary/aromatic N) is 2. The summed E-state index contributed by atoms with van der Waals surface area (Å²) in [6, 6.07) is 1.94. The molecule has 0 aromatic carbocycles. The molecule has 0 bridgehead atoms. The van der Waals surface area contributed by atoms with E-state index >= 15 is 0 Å². The van der Waals surface area contributed by atoms with Gasteiger partial charge in [-0.25, -0.2) is 4.98 Å². The molecule has 1 atom stereocenters. The van der Waals surface area contributed by atoms with E-state index in [2.05, 4.69) is 4.98 Å². The molecule has 1 saturated heterocycles. The summed E-state index contributed by atoms with van der Waals surface area (Å²) >= 11 is 1.58. The van der Waals surface area contributed by atoms with E-state index in [9.17, 15) is 9.59 Å². The maximum absolute atomic E-state index is 12.6. The van der Waals surface area contributed by atoms with Crippen LogP contribution in [-0.2, 0) is 16.0 Å². The molecule has 1 fully saturated rings. The van der Waals surface area contributed by atoms with Gasteiger partial charge in [0.05, 0.1) is 12.1 Å². The Morgan fingerprint density at radius 3 is 3.04 bits per heavy atom. The van der Waals surface area contributed by atoms with Gasteiger partial charge in [-0.2, -0.15) is 11.3 Å². The van der Waals surface area contributed by atoms with Crippen LogP contribution in [0.3, 0.4) is 0 Å². The van der Waals surface area contributed by atoms with Crippen LogP contribution in [0, 0.1) is 12.8 Å². The number of aryl methyl sites for hydroxylation is 1. The SMILES string of the molecule is Cc1oc(-c2ccsc2)nc1CC(=O)N1CCCC(CCC(=O)O)C1. The summed E-state index contributed by atoms with van der Waals surface area (Å²) in [6.45, 7) is 3.20. The predicted molar refractivity (Wildman–Crippen MR) is 94.4 cm³/mol. The van der Waals surface area contributed by atoms with Crippen LogP contribution in [0.5, 0.6) is 0 Å². The van der Waals surface area contributed by atoms with E-state index in [1.54, 1.807) is 11.3 Å². The number of carbonyl (C=O) groups excluding carboxylic acids is 1. The van der Waals surface area contributed by atoms with Gasteiger partial charge < -0.3 is 14.4 Å². The molecule has 6 nitrogen and oxygen atoms in total. The quantitative estimate of drug-likeness (QED) is 0.852. The van der Waals surface area contributed by atoms with Gasteiger partial charge >= 0.3 is 5.97 Å². The van der Waals surface area contributed by atoms with Gasteiger partial charge in [-0.05, 0) is 43.6 Å². The smallest absolute Gasteiger partial charge is 0.303 e. The number of rotatable bonds is 6. The second-order valence-electron chi connectivity index (χ2n) is 6.49. The summed E-state index contributed by atoms with van der Waals surface area (Å²) in [5.41, 5.74) is 1.61. The van der Waals surface area contributed by atoms with E-state index in [1.807, 2.05) is 28.7 Å². The highest BCUT2D eigenvalue weighted by Crippen LogP contribution is 2.25. The van der Waals surface area contributed by atoms with Crippen molar-refractivity contribution in [3.8, 4) is 11.5 Å². The van der Waals surface area contributed by atoms with E-state index in [0.29, 0.717) is 30.3 Å². The molecule has 0 spiro atoms. The molecule has 1 amide bonds. The number of carbonyl (C=O) groups is 2. The largest absolute Gasteiger partial charge is 0.481 e. The highest BCUT2D eigenvalue weighted by Gasteiger charge is 2.25. The molecule has 2 aromatic rings. The number of aromatic nitrogens is 1. The number of piperidine rings is 1. The van der Waals surface area contributed by atoms with E-state index < -0.39 is 5.97 Å². The Kier molecular flexibility index (Phi) is 5.53. The van der Waals surface area contributed by atoms with E-state index in [-0.39, 0.29) is 24.7 Å². The Morgan fingerprint density at radius 1 is 1.48 bits per heavy atom. The summed E-state index contributed by atoms with van der Waals surface area (Å²) in [7, 11) is 0. The molecule has 1 N–H and O–H groups in total. The number of likely N-dealkylation sites (tertiary alicyclic amines) is 1. The van der Waals surface area contributed by atoms with Crippen molar-refractivity contribution in [1.29, 1.82) is 0 Å². The second-order valence-corrected chi connectivity index (χ2v) is 7.27. The van der Waals surface area contributed by atoms with Crippen molar-refractivity contribution < 1.29 is 19.1 Å². The van der Waals surface area contributed by atoms with Crippen LogP contribution in [0.4, 0.5) is 0 Å². The van der Waals surface area contributed by atoms with Gasteiger partial charge in [-0.3, -0.25) is 9.59 Å². The molecule has 3 rings (SSSR count). The molecule has 2 aromatic heterocycles. The summed E-state index contributed by atoms with van der Waals surface area (Å²) in [6.07, 6.45) is 2.94. The molecule has 25 heavy (non-hydrogen) atoms. The Labute approximate surface area is 150 Å². The highest BCUT2D eigenvalue weighted by molar-refractivity contribution is 7.08. The first kappa shape index (κ1) is 17.7. The lowest BCUT2D eigenvalue weighted by molar-refractivity contribution is -0.137. The molecule has 0 saturated carbocycles. The van der Waals surface area contributed by atoms with Crippen LogP contribution in [0.2, 0.25) is 0 Å². The van der Waals surface area contributed by atoms with Gasteiger partial charge in [0.15, 0.2) is 0 Å². The van der Waals surface area contributed by atoms with Crippen molar-refractivity contribution in [1.82, 2.24) is 9.88 Å². The summed E-state index contributed by atoms with van der Waals surface area (Å²) in [5.74, 6) is 0.762. The fraction of sp³-hybridized carbons (Fsp3) is 0.500. The first-order chi connectivity index (χ1) is 12.0. The molecular weight excluding hydrogens is 340 g/mol. The molecule has 0 aliphatic carbocycles. The van der Waals surface area contributed by atoms with E-state index in [0.717, 1.165) is 24.9 Å². The zero-order valence-corrected chi connectivity index (χ0v) is 15.1. The Bertz CT molecular complexity index is 738. The number of amides is 1. The average Bonchev–Trinajstić information content (AvgIpc) is 3.23. The Morgan fingerprint density at radius 2 is 2.32 bits per heavy atom. The number of aliphatic carboxylic acids is 1. The molecular formula is C18H22N2O4S. The van der Waals surface area contributed by atoms with Gasteiger partial charge in [-0.15, -0.1) is 0 Å². The molecule has 1 aliphatic rings. The van der Waals surface area contributed by atoms with Gasteiger partial charge in [0.1, 0.15) is 5.76 Å². The molecule has 7 heteroatoms. The minimum Gasteiger partial charge on any atom is -0.481 e. The van der Waals surface area contributed by atoms with Crippen LogP contribution in [0.25, 0.3) is 11.5 Å². The molecule has 1 aliphatic heterocycles. The summed E-state index contributed by atoms with van der Waals surface area (Å²) < 4.78 is 5.69. The van der Waals surface area contributed by atoms with E-state index in [4.69, 9.17) is 9.52 Å². The second kappa shape index (κ2) is 7.82. The minimum atomic E-state index is -0.775. The number of carboxylic acid groups (broad SMARTS) is 1. The maximum atomic E-state index is 12.6. The molecule has 0 radical (unpaired) electrons. The monoisotopic (exact) mass is 362 g/mol. The van der Waals surface area contributed by atoms with E-state index in [1.165, 1.54) is 0 Å². The first-order valence-corrected chi connectivity index (χ1v) is 9.45. The number of carboxylic acids is 1. The van der Waals surface area contributed by atoms with Gasteiger partial charge in [0, 0.05) is 30.5 Å². The van der Waals surface area contributed by atoms with Crippen molar-refractivity contribution in [3.05, 3.63) is 28.3 Å². The zero-order valence-electron chi connectivity index (χ0n) is 14.2. The molecule has 1 unspecified atom stereocenters. The molecule has 134 valence electrons. The van der Waals surface area contributed by atoms with Crippen molar-refractivity contribution in [3.63, 3.8) is 0 Å². The lowest BCUT2D eigenvalue weighted by Crippen LogP contribution is -2.41. The third-order valence-electron chi connectivity index (χ3n) is 4.62. The van der Waals surface area contributed by atoms with Crippen molar-refractivity contribution in [2.45, 2.75) is 39.0 Å². The fourth-order valence-electron chi connectivity index (χ4n) is 3.21. The Balaban J connectivity index is 1.61. The van der Waals surface area contributed by atoms with Crippen molar-refractivity contribution >= 4 is 23.2 Å². The number of hydrogen-bond donors (Lipinski definition) is 1. The van der Waals surface area contributed by atoms with Crippen LogP contribution < -0.4 is 0 Å². The Hall–Kier alpha value is -2.15. The lowest BCUT2D eigenvalue weighted by Gasteiger charge is -2.32. The standard InChI is InChI=1S/C18H22N2O4S/c1-12-15(19-18(24-12)14-6-8-25-11-14)9-16(21)20-7-2-3-13(10-20)4-5-17(22)23/h6,8,11,13H,2-5,7,9-10H2,1H3,(H,22,23). The minimum absolute atomic E-state index is 0.0355. The third kappa shape index (κ3) is 4.48. The van der Waals surface area contributed by atoms with Crippen LogP contribution in [0.1, 0.15) is 37.1 Å². The van der Waals surface area contributed by atoms with Crippen LogP contribution >= 0.6 is 11.3 Å². The molecule has 3 heterocycles. The first-order valence-electron chi connectivity index (χ1n) is 8.51. The fourth-order valence-corrected chi connectivity index (χ4v) is 3.84.